The van der Waals surface area contributed by atoms with E-state index in [1.165, 1.54) is 23.2 Å². The number of benzene rings is 1. The molecule has 4 rings (SSSR count). The molecule has 2 aliphatic heterocycles. The van der Waals surface area contributed by atoms with Crippen LogP contribution in [0.1, 0.15) is 6.42 Å². The van der Waals surface area contributed by atoms with Gasteiger partial charge in [0.25, 0.3) is 0 Å². The lowest BCUT2D eigenvalue weighted by Crippen LogP contribution is -2.29. The van der Waals surface area contributed by atoms with Gasteiger partial charge < -0.3 is 9.64 Å². The highest BCUT2D eigenvalue weighted by Crippen LogP contribution is 2.35. The Morgan fingerprint density at radius 3 is 2.71 bits per heavy atom. The Morgan fingerprint density at radius 2 is 2.04 bits per heavy atom. The third-order valence-electron chi connectivity index (χ3n) is 4.47. The molecule has 28 heavy (non-hydrogen) atoms. The van der Waals surface area contributed by atoms with E-state index in [1.807, 2.05) is 0 Å². The van der Waals surface area contributed by atoms with Crippen molar-refractivity contribution in [2.24, 2.45) is 0 Å². The van der Waals surface area contributed by atoms with Gasteiger partial charge in [-0.1, -0.05) is 5.21 Å². The fraction of sp³-hybridized carbons (Fsp3) is 0.294. The topological polar surface area (TPSA) is 80.6 Å². The van der Waals surface area contributed by atoms with Crippen LogP contribution in [0, 0.1) is 17.5 Å². The van der Waals surface area contributed by atoms with Crippen molar-refractivity contribution in [2.45, 2.75) is 19.1 Å². The second kappa shape index (κ2) is 6.98. The highest BCUT2D eigenvalue weighted by Gasteiger charge is 2.36. The van der Waals surface area contributed by atoms with Crippen LogP contribution in [-0.4, -0.2) is 46.1 Å². The minimum atomic E-state index is -1.44. The second-order valence-corrected chi connectivity index (χ2v) is 6.32. The largest absolute Gasteiger partial charge is 0.442 e. The maximum absolute atomic E-state index is 14.7. The Morgan fingerprint density at radius 1 is 1.21 bits per heavy atom. The summed E-state index contributed by atoms with van der Waals surface area (Å²) in [5.41, 5.74) is -1.17. The van der Waals surface area contributed by atoms with Crippen LogP contribution in [0.15, 0.2) is 30.7 Å². The van der Waals surface area contributed by atoms with Crippen LogP contribution in [0.4, 0.5) is 29.3 Å². The number of allylic oxidation sites excluding steroid dienone is 1. The molecule has 3 heterocycles. The van der Waals surface area contributed by atoms with Gasteiger partial charge in [-0.3, -0.25) is 9.69 Å². The summed E-state index contributed by atoms with van der Waals surface area (Å²) in [7, 11) is 0. The number of halogens is 3. The Bertz CT molecular complexity index is 963. The van der Waals surface area contributed by atoms with E-state index in [2.05, 4.69) is 10.3 Å². The summed E-state index contributed by atoms with van der Waals surface area (Å²) < 4.78 is 50.4. The zero-order valence-electron chi connectivity index (χ0n) is 14.4. The molecule has 1 atom stereocenters. The number of cyclic esters (lactones) is 1. The van der Waals surface area contributed by atoms with E-state index in [-0.39, 0.29) is 31.8 Å². The number of hydrogen-bond acceptors (Lipinski definition) is 6. The number of carbonyl (C=O) groups excluding carboxylic acids is 2. The smallest absolute Gasteiger partial charge is 0.414 e. The van der Waals surface area contributed by atoms with Gasteiger partial charge in [0.05, 0.1) is 25.0 Å². The number of hydrogen-bond donors (Lipinski definition) is 0. The molecule has 0 spiro atoms. The minimum Gasteiger partial charge on any atom is -0.442 e. The van der Waals surface area contributed by atoms with Gasteiger partial charge in [0.15, 0.2) is 23.2 Å². The maximum Gasteiger partial charge on any atom is 0.414 e. The monoisotopic (exact) mass is 393 g/mol. The van der Waals surface area contributed by atoms with E-state index in [1.54, 1.807) is 6.20 Å². The summed E-state index contributed by atoms with van der Waals surface area (Å²) in [4.78, 5) is 25.3. The first-order valence-electron chi connectivity index (χ1n) is 8.41. The molecule has 0 unspecified atom stereocenters. The first-order valence-corrected chi connectivity index (χ1v) is 8.41. The summed E-state index contributed by atoms with van der Waals surface area (Å²) in [5, 5.41) is 7.37. The van der Waals surface area contributed by atoms with Crippen molar-refractivity contribution >= 4 is 23.3 Å². The van der Waals surface area contributed by atoms with E-state index in [0.717, 1.165) is 15.9 Å². The minimum absolute atomic E-state index is 0.0215. The van der Waals surface area contributed by atoms with Gasteiger partial charge in [0.1, 0.15) is 11.8 Å². The van der Waals surface area contributed by atoms with Gasteiger partial charge >= 0.3 is 6.09 Å². The van der Waals surface area contributed by atoms with Crippen molar-refractivity contribution in [1.29, 1.82) is 0 Å². The standard InChI is InChI=1S/C17H14F3N5O3/c18-12-7-13(14(19)15(20)16(12)23-4-1-10(26)2-5-23)25-9-11(28-17(25)27)8-24-6-3-21-22-24/h1,3-4,6-7,11H,2,5,8-9H2/t11-/m0/s1. The Labute approximate surface area is 156 Å². The number of aromatic nitrogens is 3. The SMILES string of the molecule is O=C1C=CN(c2c(F)cc(N3C[C@H](Cn4ccnn4)OC3=O)c(F)c2F)CC1. The van der Waals surface area contributed by atoms with Crippen LogP contribution in [0.25, 0.3) is 0 Å². The van der Waals surface area contributed by atoms with Gasteiger partial charge in [0.2, 0.25) is 0 Å². The number of amides is 1. The van der Waals surface area contributed by atoms with Gasteiger partial charge in [-0.05, 0) is 6.08 Å². The molecule has 2 aliphatic rings. The van der Waals surface area contributed by atoms with Crippen molar-refractivity contribution in [2.75, 3.05) is 22.9 Å². The van der Waals surface area contributed by atoms with Crippen LogP contribution < -0.4 is 9.80 Å². The van der Waals surface area contributed by atoms with Crippen LogP contribution in [-0.2, 0) is 16.1 Å². The summed E-state index contributed by atoms with van der Waals surface area (Å²) in [6.07, 6.45) is 3.82. The molecule has 1 aromatic carbocycles. The van der Waals surface area contributed by atoms with Gasteiger partial charge in [-0.15, -0.1) is 5.10 Å². The van der Waals surface area contributed by atoms with E-state index in [4.69, 9.17) is 4.74 Å². The number of nitrogens with zero attached hydrogens (tertiary/aromatic N) is 5. The number of ketones is 1. The molecule has 0 saturated carbocycles. The molecule has 0 N–H and O–H groups in total. The average Bonchev–Trinajstić information content (AvgIpc) is 3.30. The lowest BCUT2D eigenvalue weighted by Gasteiger charge is -2.25. The van der Waals surface area contributed by atoms with Crippen LogP contribution in [0.5, 0.6) is 0 Å². The summed E-state index contributed by atoms with van der Waals surface area (Å²) in [5.74, 6) is -4.06. The number of carbonyl (C=O) groups is 2. The maximum atomic E-state index is 14.7. The molecule has 1 aromatic heterocycles. The van der Waals surface area contributed by atoms with Crippen molar-refractivity contribution in [3.63, 3.8) is 0 Å². The second-order valence-electron chi connectivity index (χ2n) is 6.32. The van der Waals surface area contributed by atoms with E-state index < -0.39 is 41.0 Å². The number of rotatable bonds is 4. The molecular weight excluding hydrogens is 379 g/mol. The van der Waals surface area contributed by atoms with Gasteiger partial charge in [-0.25, -0.2) is 22.6 Å². The lowest BCUT2D eigenvalue weighted by molar-refractivity contribution is -0.114. The predicted octanol–water partition coefficient (Wildman–Crippen LogP) is 2.01. The highest BCUT2D eigenvalue weighted by molar-refractivity contribution is 5.92. The van der Waals surface area contributed by atoms with Crippen molar-refractivity contribution < 1.29 is 27.5 Å². The highest BCUT2D eigenvalue weighted by atomic mass is 19.2. The Hall–Kier alpha value is -3.37. The third-order valence-corrected chi connectivity index (χ3v) is 4.47. The summed E-state index contributed by atoms with van der Waals surface area (Å²) in [6, 6.07) is 0.747. The van der Waals surface area contributed by atoms with E-state index >= 15 is 0 Å². The summed E-state index contributed by atoms with van der Waals surface area (Å²) in [6.45, 7) is 0.0825. The predicted molar refractivity (Wildman–Crippen MR) is 90.1 cm³/mol. The quantitative estimate of drug-likeness (QED) is 0.740. The van der Waals surface area contributed by atoms with Crippen LogP contribution >= 0.6 is 0 Å². The molecular formula is C17H14F3N5O3. The Kier molecular flexibility index (Phi) is 4.49. The van der Waals surface area contributed by atoms with Crippen LogP contribution in [0.3, 0.4) is 0 Å². The van der Waals surface area contributed by atoms with Crippen molar-refractivity contribution in [1.82, 2.24) is 15.0 Å². The number of ether oxygens (including phenoxy) is 1. The zero-order valence-corrected chi connectivity index (χ0v) is 14.4. The normalized spacial score (nSPS) is 19.5. The molecule has 146 valence electrons. The van der Waals surface area contributed by atoms with Gasteiger partial charge in [-0.2, -0.15) is 0 Å². The van der Waals surface area contributed by atoms with E-state index in [9.17, 15) is 22.8 Å². The molecule has 1 amide bonds. The average molecular weight is 393 g/mol. The first kappa shape index (κ1) is 18.0. The fourth-order valence-electron chi connectivity index (χ4n) is 3.13. The van der Waals surface area contributed by atoms with Crippen LogP contribution in [0.2, 0.25) is 0 Å². The van der Waals surface area contributed by atoms with Gasteiger partial charge in [0, 0.05) is 31.4 Å². The van der Waals surface area contributed by atoms with Crippen molar-refractivity contribution in [3.05, 3.63) is 48.2 Å². The third kappa shape index (κ3) is 3.19. The lowest BCUT2D eigenvalue weighted by atomic mass is 10.1. The van der Waals surface area contributed by atoms with E-state index in [0.29, 0.717) is 0 Å². The Balaban J connectivity index is 1.61. The molecule has 0 aliphatic carbocycles. The molecule has 0 bridgehead atoms. The van der Waals surface area contributed by atoms with Crippen molar-refractivity contribution in [3.8, 4) is 0 Å². The fourth-order valence-corrected chi connectivity index (χ4v) is 3.13. The summed E-state index contributed by atoms with van der Waals surface area (Å²) >= 11 is 0. The zero-order chi connectivity index (χ0) is 19.8. The molecule has 1 saturated heterocycles. The first-order chi connectivity index (χ1) is 13.4. The molecule has 11 heteroatoms. The molecule has 8 nitrogen and oxygen atoms in total. The number of anilines is 2. The molecule has 2 aromatic rings. The molecule has 0 radical (unpaired) electrons. The molecule has 1 fully saturated rings.